The van der Waals surface area contributed by atoms with E-state index in [9.17, 15) is 10.1 Å². The Morgan fingerprint density at radius 3 is 2.72 bits per heavy atom. The Kier molecular flexibility index (Phi) is 5.30. The predicted molar refractivity (Wildman–Crippen MR) is 92.7 cm³/mol. The van der Waals surface area contributed by atoms with E-state index in [1.54, 1.807) is 0 Å². The van der Waals surface area contributed by atoms with Gasteiger partial charge in [0, 0.05) is 25.7 Å². The number of ether oxygens (including phenoxy) is 1. The smallest absolute Gasteiger partial charge is 0.287 e. The molecule has 0 amide bonds. The first-order valence-corrected chi connectivity index (χ1v) is 8.27. The van der Waals surface area contributed by atoms with Crippen LogP contribution in [0.4, 0.5) is 11.5 Å². The zero-order valence-corrected chi connectivity index (χ0v) is 14.4. The fourth-order valence-corrected chi connectivity index (χ4v) is 2.97. The fraction of sp³-hybridized carbons (Fsp3) is 0.471. The first-order valence-electron chi connectivity index (χ1n) is 8.27. The van der Waals surface area contributed by atoms with Gasteiger partial charge < -0.3 is 14.5 Å². The van der Waals surface area contributed by atoms with Crippen molar-refractivity contribution in [1.29, 1.82) is 0 Å². The lowest BCUT2D eigenvalue weighted by Crippen LogP contribution is -2.41. The van der Waals surface area contributed by atoms with E-state index in [0.717, 1.165) is 30.2 Å². The molecule has 2 aromatic rings. The molecule has 1 saturated heterocycles. The molecule has 3 heterocycles. The van der Waals surface area contributed by atoms with Crippen LogP contribution in [0.1, 0.15) is 23.1 Å². The summed E-state index contributed by atoms with van der Waals surface area (Å²) < 4.78 is 11.3. The summed E-state index contributed by atoms with van der Waals surface area (Å²) >= 11 is 0. The highest BCUT2D eigenvalue weighted by Crippen LogP contribution is 2.25. The molecule has 1 aliphatic heterocycles. The number of nitrogens with zero attached hydrogens (tertiary/aromatic N) is 3. The monoisotopic (exact) mass is 346 g/mol. The van der Waals surface area contributed by atoms with Gasteiger partial charge in [-0.05, 0) is 31.5 Å². The highest BCUT2D eigenvalue weighted by Gasteiger charge is 2.25. The lowest BCUT2D eigenvalue weighted by atomic mass is 10.1. The molecule has 2 aromatic heterocycles. The fourth-order valence-electron chi connectivity index (χ4n) is 2.97. The summed E-state index contributed by atoms with van der Waals surface area (Å²) in [6.45, 7) is 7.39. The number of furan rings is 1. The van der Waals surface area contributed by atoms with E-state index in [1.165, 1.54) is 12.3 Å². The van der Waals surface area contributed by atoms with Gasteiger partial charge in [-0.1, -0.05) is 0 Å². The van der Waals surface area contributed by atoms with Crippen LogP contribution in [0.25, 0.3) is 0 Å². The number of pyridine rings is 1. The largest absolute Gasteiger partial charge is 0.465 e. The minimum atomic E-state index is -0.439. The van der Waals surface area contributed by atoms with Crippen LogP contribution >= 0.6 is 0 Å². The third-order valence-corrected chi connectivity index (χ3v) is 4.31. The van der Waals surface area contributed by atoms with E-state index in [2.05, 4.69) is 15.2 Å². The molecule has 3 rings (SSSR count). The van der Waals surface area contributed by atoms with Gasteiger partial charge in [-0.2, -0.15) is 0 Å². The molecule has 1 aliphatic rings. The van der Waals surface area contributed by atoms with E-state index in [4.69, 9.17) is 9.15 Å². The lowest BCUT2D eigenvalue weighted by molar-refractivity contribution is -0.385. The number of nitro groups is 1. The van der Waals surface area contributed by atoms with Crippen molar-refractivity contribution in [3.63, 3.8) is 0 Å². The zero-order valence-electron chi connectivity index (χ0n) is 14.4. The molecule has 1 N–H and O–H groups in total. The maximum atomic E-state index is 10.8. The minimum Gasteiger partial charge on any atom is -0.465 e. The van der Waals surface area contributed by atoms with Gasteiger partial charge in [-0.15, -0.1) is 0 Å². The van der Waals surface area contributed by atoms with Crippen LogP contribution in [-0.2, 0) is 4.74 Å². The molecule has 0 aromatic carbocycles. The SMILES string of the molecule is Cc1ccc([C@@H](CNc2ncc([N+](=O)[O-])cc2C)N2CCOCC2)o1. The summed E-state index contributed by atoms with van der Waals surface area (Å²) in [4.78, 5) is 16.9. The number of aromatic nitrogens is 1. The van der Waals surface area contributed by atoms with Crippen molar-refractivity contribution >= 4 is 11.5 Å². The summed E-state index contributed by atoms with van der Waals surface area (Å²) in [6.07, 6.45) is 1.27. The second-order valence-electron chi connectivity index (χ2n) is 6.11. The Morgan fingerprint density at radius 1 is 1.36 bits per heavy atom. The number of nitrogens with one attached hydrogen (secondary N) is 1. The van der Waals surface area contributed by atoms with Gasteiger partial charge in [0.05, 0.1) is 24.2 Å². The van der Waals surface area contributed by atoms with Crippen molar-refractivity contribution in [3.8, 4) is 0 Å². The minimum absolute atomic E-state index is 0.00515. The average molecular weight is 346 g/mol. The molecule has 0 bridgehead atoms. The molecular formula is C17H22N4O4. The maximum absolute atomic E-state index is 10.8. The van der Waals surface area contributed by atoms with E-state index in [0.29, 0.717) is 25.6 Å². The van der Waals surface area contributed by atoms with E-state index in [1.807, 2.05) is 26.0 Å². The molecular weight excluding hydrogens is 324 g/mol. The maximum Gasteiger partial charge on any atom is 0.287 e. The van der Waals surface area contributed by atoms with Crippen molar-refractivity contribution in [2.24, 2.45) is 0 Å². The molecule has 8 nitrogen and oxygen atoms in total. The lowest BCUT2D eigenvalue weighted by Gasteiger charge is -2.33. The molecule has 0 spiro atoms. The highest BCUT2D eigenvalue weighted by molar-refractivity contribution is 5.48. The third-order valence-electron chi connectivity index (χ3n) is 4.31. The van der Waals surface area contributed by atoms with Gasteiger partial charge >= 0.3 is 0 Å². The van der Waals surface area contributed by atoms with Gasteiger partial charge in [0.1, 0.15) is 23.5 Å². The Balaban J connectivity index is 1.75. The Hall–Kier alpha value is -2.45. The van der Waals surface area contributed by atoms with Gasteiger partial charge in [0.15, 0.2) is 0 Å². The average Bonchev–Trinajstić information content (AvgIpc) is 3.03. The second kappa shape index (κ2) is 7.62. The summed E-state index contributed by atoms with van der Waals surface area (Å²) in [5, 5.41) is 14.1. The van der Waals surface area contributed by atoms with Crippen molar-refractivity contribution in [2.45, 2.75) is 19.9 Å². The van der Waals surface area contributed by atoms with Gasteiger partial charge in [-0.25, -0.2) is 4.98 Å². The first-order chi connectivity index (χ1) is 12.0. The summed E-state index contributed by atoms with van der Waals surface area (Å²) in [7, 11) is 0. The van der Waals surface area contributed by atoms with Crippen LogP contribution in [0.5, 0.6) is 0 Å². The molecule has 0 unspecified atom stereocenters. The molecule has 1 fully saturated rings. The second-order valence-corrected chi connectivity index (χ2v) is 6.11. The van der Waals surface area contributed by atoms with Crippen LogP contribution in [0, 0.1) is 24.0 Å². The molecule has 8 heteroatoms. The Morgan fingerprint density at radius 2 is 2.12 bits per heavy atom. The highest BCUT2D eigenvalue weighted by atomic mass is 16.6. The van der Waals surface area contributed by atoms with Crippen molar-refractivity contribution in [1.82, 2.24) is 9.88 Å². The van der Waals surface area contributed by atoms with Crippen LogP contribution < -0.4 is 5.32 Å². The normalized spacial score (nSPS) is 16.6. The molecule has 1 atom stereocenters. The van der Waals surface area contributed by atoms with Crippen LogP contribution in [0.3, 0.4) is 0 Å². The van der Waals surface area contributed by atoms with Crippen LogP contribution in [0.15, 0.2) is 28.8 Å². The molecule has 0 radical (unpaired) electrons. The van der Waals surface area contributed by atoms with Crippen LogP contribution in [-0.4, -0.2) is 47.7 Å². The Bertz CT molecular complexity index is 740. The predicted octanol–water partition coefficient (Wildman–Crippen LogP) is 2.69. The van der Waals surface area contributed by atoms with Gasteiger partial charge in [0.25, 0.3) is 5.69 Å². The molecule has 0 saturated carbocycles. The summed E-state index contributed by atoms with van der Waals surface area (Å²) in [6, 6.07) is 5.52. The van der Waals surface area contributed by atoms with E-state index >= 15 is 0 Å². The van der Waals surface area contributed by atoms with E-state index < -0.39 is 4.92 Å². The number of aryl methyl sites for hydroxylation is 2. The Labute approximate surface area is 145 Å². The van der Waals surface area contributed by atoms with Crippen molar-refractivity contribution in [3.05, 3.63) is 51.6 Å². The standard InChI is InChI=1S/C17H22N4O4/c1-12-9-14(21(22)23)10-18-17(12)19-11-15(16-4-3-13(2)25-16)20-5-7-24-8-6-20/h3-4,9-10,15H,5-8,11H2,1-2H3,(H,18,19)/t15-/m1/s1. The van der Waals surface area contributed by atoms with Crippen molar-refractivity contribution in [2.75, 3.05) is 38.2 Å². The number of hydrogen-bond donors (Lipinski definition) is 1. The summed E-state index contributed by atoms with van der Waals surface area (Å²) in [5.41, 5.74) is 0.736. The van der Waals surface area contributed by atoms with Gasteiger partial charge in [0.2, 0.25) is 0 Å². The van der Waals surface area contributed by atoms with E-state index in [-0.39, 0.29) is 11.7 Å². The van der Waals surface area contributed by atoms with Gasteiger partial charge in [-0.3, -0.25) is 15.0 Å². The number of anilines is 1. The van der Waals surface area contributed by atoms with Crippen LogP contribution in [0.2, 0.25) is 0 Å². The zero-order chi connectivity index (χ0) is 17.8. The number of rotatable bonds is 6. The molecule has 0 aliphatic carbocycles. The summed E-state index contributed by atoms with van der Waals surface area (Å²) in [5.74, 6) is 2.41. The molecule has 134 valence electrons. The topological polar surface area (TPSA) is 93.7 Å². The number of morpholine rings is 1. The quantitative estimate of drug-likeness (QED) is 0.635. The first kappa shape index (κ1) is 17.4. The third kappa shape index (κ3) is 4.15. The van der Waals surface area contributed by atoms with Crippen molar-refractivity contribution < 1.29 is 14.1 Å². The molecule has 25 heavy (non-hydrogen) atoms. The number of hydrogen-bond acceptors (Lipinski definition) is 7.